The molecule has 90 valence electrons. The van der Waals surface area contributed by atoms with Crippen LogP contribution in [-0.2, 0) is 7.05 Å². The molecule has 0 aromatic carbocycles. The molecule has 0 bridgehead atoms. The Morgan fingerprint density at radius 1 is 1.33 bits per heavy atom. The van der Waals surface area contributed by atoms with Gasteiger partial charge >= 0.3 is 0 Å². The second kappa shape index (κ2) is 3.99. The number of furan rings is 1. The summed E-state index contributed by atoms with van der Waals surface area (Å²) in [6.07, 6.45) is 5.17. The molecule has 18 heavy (non-hydrogen) atoms. The summed E-state index contributed by atoms with van der Waals surface area (Å²) in [6, 6.07) is 5.29. The molecule has 0 spiro atoms. The van der Waals surface area contributed by atoms with Gasteiger partial charge in [-0.15, -0.1) is 0 Å². The van der Waals surface area contributed by atoms with E-state index in [0.717, 1.165) is 11.3 Å². The molecule has 0 aliphatic heterocycles. The van der Waals surface area contributed by atoms with Crippen molar-refractivity contribution in [3.63, 3.8) is 0 Å². The van der Waals surface area contributed by atoms with Gasteiger partial charge in [0.05, 0.1) is 18.2 Å². The number of hydrogen-bond donors (Lipinski definition) is 1. The molecule has 0 atom stereocenters. The van der Waals surface area contributed by atoms with Crippen LogP contribution in [-0.4, -0.2) is 19.7 Å². The van der Waals surface area contributed by atoms with E-state index in [2.05, 4.69) is 15.1 Å². The number of hydrogen-bond acceptors (Lipinski definition) is 5. The molecular weight excluding hydrogens is 230 g/mol. The summed E-state index contributed by atoms with van der Waals surface area (Å²) in [5.74, 6) is 1.46. The first-order valence-electron chi connectivity index (χ1n) is 5.40. The van der Waals surface area contributed by atoms with E-state index in [1.54, 1.807) is 35.3 Å². The molecular formula is C12H11N5O. The van der Waals surface area contributed by atoms with Crippen LogP contribution in [0.3, 0.4) is 0 Å². The summed E-state index contributed by atoms with van der Waals surface area (Å²) >= 11 is 0. The van der Waals surface area contributed by atoms with Crippen LogP contribution in [0.5, 0.6) is 0 Å². The van der Waals surface area contributed by atoms with Crippen LogP contribution in [0.1, 0.15) is 0 Å². The van der Waals surface area contributed by atoms with Gasteiger partial charge in [0.1, 0.15) is 5.82 Å². The number of rotatable bonds is 2. The zero-order valence-corrected chi connectivity index (χ0v) is 9.74. The molecule has 0 amide bonds. The fourth-order valence-corrected chi connectivity index (χ4v) is 1.68. The van der Waals surface area contributed by atoms with Crippen LogP contribution < -0.4 is 5.73 Å². The highest BCUT2D eigenvalue weighted by Crippen LogP contribution is 2.22. The first-order chi connectivity index (χ1) is 8.72. The minimum Gasteiger partial charge on any atom is -0.461 e. The maximum Gasteiger partial charge on any atom is 0.198 e. The first kappa shape index (κ1) is 10.5. The Labute approximate surface area is 103 Å². The SMILES string of the molecule is Cn1cc(-c2cc(N)nc(-c3ccco3)n2)cn1. The first-order valence-corrected chi connectivity index (χ1v) is 5.40. The van der Waals surface area contributed by atoms with Crippen molar-refractivity contribution in [1.29, 1.82) is 0 Å². The Balaban J connectivity index is 2.11. The van der Waals surface area contributed by atoms with E-state index in [9.17, 15) is 0 Å². The van der Waals surface area contributed by atoms with Crippen molar-refractivity contribution in [1.82, 2.24) is 19.7 Å². The minimum absolute atomic E-state index is 0.398. The molecule has 3 aromatic heterocycles. The highest BCUT2D eigenvalue weighted by atomic mass is 16.3. The fourth-order valence-electron chi connectivity index (χ4n) is 1.68. The van der Waals surface area contributed by atoms with Gasteiger partial charge in [0.2, 0.25) is 0 Å². The molecule has 3 rings (SSSR count). The normalized spacial score (nSPS) is 10.7. The predicted octanol–water partition coefficient (Wildman–Crippen LogP) is 1.72. The maximum absolute atomic E-state index is 5.79. The summed E-state index contributed by atoms with van der Waals surface area (Å²) in [7, 11) is 1.85. The van der Waals surface area contributed by atoms with E-state index < -0.39 is 0 Å². The van der Waals surface area contributed by atoms with Crippen molar-refractivity contribution in [2.24, 2.45) is 7.05 Å². The van der Waals surface area contributed by atoms with Crippen LogP contribution >= 0.6 is 0 Å². The average Bonchev–Trinajstić information content (AvgIpc) is 2.98. The van der Waals surface area contributed by atoms with Gasteiger partial charge in [0.25, 0.3) is 0 Å². The summed E-state index contributed by atoms with van der Waals surface area (Å²) in [6.45, 7) is 0. The number of aromatic nitrogens is 4. The molecule has 6 nitrogen and oxygen atoms in total. The highest BCUT2D eigenvalue weighted by molar-refractivity contribution is 5.63. The zero-order chi connectivity index (χ0) is 12.5. The lowest BCUT2D eigenvalue weighted by atomic mass is 10.2. The summed E-state index contributed by atoms with van der Waals surface area (Å²) < 4.78 is 6.98. The Hall–Kier alpha value is -2.63. The molecule has 0 saturated heterocycles. The van der Waals surface area contributed by atoms with Crippen LogP contribution in [0.15, 0.2) is 41.3 Å². The second-order valence-corrected chi connectivity index (χ2v) is 3.88. The van der Waals surface area contributed by atoms with Crippen molar-refractivity contribution >= 4 is 5.82 Å². The molecule has 0 saturated carbocycles. The topological polar surface area (TPSA) is 82.8 Å². The summed E-state index contributed by atoms with van der Waals surface area (Å²) in [4.78, 5) is 8.58. The third-order valence-corrected chi connectivity index (χ3v) is 2.49. The number of nitrogens with zero attached hydrogens (tertiary/aromatic N) is 4. The maximum atomic E-state index is 5.79. The van der Waals surface area contributed by atoms with Crippen LogP contribution in [0, 0.1) is 0 Å². The number of anilines is 1. The van der Waals surface area contributed by atoms with E-state index in [1.165, 1.54) is 0 Å². The van der Waals surface area contributed by atoms with E-state index >= 15 is 0 Å². The Morgan fingerprint density at radius 3 is 2.89 bits per heavy atom. The second-order valence-electron chi connectivity index (χ2n) is 3.88. The van der Waals surface area contributed by atoms with Crippen LogP contribution in [0.25, 0.3) is 22.8 Å². The average molecular weight is 241 g/mol. The minimum atomic E-state index is 0.398. The Bertz CT molecular complexity index is 672. The summed E-state index contributed by atoms with van der Waals surface area (Å²) in [5, 5.41) is 4.11. The smallest absolute Gasteiger partial charge is 0.198 e. The van der Waals surface area contributed by atoms with E-state index in [-0.39, 0.29) is 0 Å². The Kier molecular flexibility index (Phi) is 2.33. The molecule has 3 aromatic rings. The lowest BCUT2D eigenvalue weighted by Crippen LogP contribution is -1.97. The van der Waals surface area contributed by atoms with Crippen molar-refractivity contribution in [2.45, 2.75) is 0 Å². The molecule has 0 unspecified atom stereocenters. The molecule has 6 heteroatoms. The lowest BCUT2D eigenvalue weighted by Gasteiger charge is -2.02. The van der Waals surface area contributed by atoms with Crippen molar-refractivity contribution in [2.75, 3.05) is 5.73 Å². The predicted molar refractivity (Wildman–Crippen MR) is 66.3 cm³/mol. The van der Waals surface area contributed by atoms with Crippen LogP contribution in [0.4, 0.5) is 5.82 Å². The van der Waals surface area contributed by atoms with Gasteiger partial charge in [0, 0.05) is 24.9 Å². The third-order valence-electron chi connectivity index (χ3n) is 2.49. The summed E-state index contributed by atoms with van der Waals surface area (Å²) in [5.41, 5.74) is 7.40. The van der Waals surface area contributed by atoms with Gasteiger partial charge in [0.15, 0.2) is 11.6 Å². The van der Waals surface area contributed by atoms with E-state index in [1.807, 2.05) is 13.2 Å². The molecule has 3 heterocycles. The number of nitrogen functional groups attached to an aromatic ring is 1. The highest BCUT2D eigenvalue weighted by Gasteiger charge is 2.10. The van der Waals surface area contributed by atoms with Crippen molar-refractivity contribution in [3.8, 4) is 22.8 Å². The number of nitrogens with two attached hydrogens (primary N) is 1. The largest absolute Gasteiger partial charge is 0.461 e. The van der Waals surface area contributed by atoms with Gasteiger partial charge in [-0.25, -0.2) is 9.97 Å². The lowest BCUT2D eigenvalue weighted by molar-refractivity contribution is 0.577. The zero-order valence-electron chi connectivity index (χ0n) is 9.74. The molecule has 0 aliphatic rings. The van der Waals surface area contributed by atoms with Crippen molar-refractivity contribution < 1.29 is 4.42 Å². The van der Waals surface area contributed by atoms with Gasteiger partial charge < -0.3 is 10.2 Å². The molecule has 0 radical (unpaired) electrons. The van der Waals surface area contributed by atoms with E-state index in [0.29, 0.717) is 17.4 Å². The third kappa shape index (κ3) is 1.84. The van der Waals surface area contributed by atoms with Gasteiger partial charge in [-0.05, 0) is 12.1 Å². The van der Waals surface area contributed by atoms with Gasteiger partial charge in [-0.3, -0.25) is 4.68 Å². The Morgan fingerprint density at radius 2 is 2.22 bits per heavy atom. The molecule has 0 fully saturated rings. The molecule has 2 N–H and O–H groups in total. The fraction of sp³-hybridized carbons (Fsp3) is 0.0833. The standard InChI is InChI=1S/C12H11N5O/c1-17-7-8(6-14-17)9-5-11(13)16-12(15-9)10-3-2-4-18-10/h2-7H,1H3,(H2,13,15,16). The quantitative estimate of drug-likeness (QED) is 0.738. The number of aryl methyl sites for hydroxylation is 1. The van der Waals surface area contributed by atoms with E-state index in [4.69, 9.17) is 10.2 Å². The van der Waals surface area contributed by atoms with Crippen LogP contribution in [0.2, 0.25) is 0 Å². The molecule has 0 aliphatic carbocycles. The van der Waals surface area contributed by atoms with Gasteiger partial charge in [-0.1, -0.05) is 0 Å². The monoisotopic (exact) mass is 241 g/mol. The van der Waals surface area contributed by atoms with Gasteiger partial charge in [-0.2, -0.15) is 5.10 Å². The van der Waals surface area contributed by atoms with Crippen molar-refractivity contribution in [3.05, 3.63) is 36.9 Å².